The first-order valence-corrected chi connectivity index (χ1v) is 7.77. The summed E-state index contributed by atoms with van der Waals surface area (Å²) in [5, 5.41) is 0. The predicted octanol–water partition coefficient (Wildman–Crippen LogP) is 3.54. The summed E-state index contributed by atoms with van der Waals surface area (Å²) in [4.78, 5) is 14.5. The maximum Gasteiger partial charge on any atom is 0.254 e. The molecule has 4 heteroatoms. The van der Waals surface area contributed by atoms with E-state index in [2.05, 4.69) is 22.0 Å². The van der Waals surface area contributed by atoms with Crippen molar-refractivity contribution in [3.63, 3.8) is 0 Å². The highest BCUT2D eigenvalue weighted by atomic mass is 79.9. The van der Waals surface area contributed by atoms with E-state index in [1.165, 1.54) is 5.56 Å². The zero-order valence-corrected chi connectivity index (χ0v) is 13.5. The smallest absolute Gasteiger partial charge is 0.254 e. The van der Waals surface area contributed by atoms with E-state index in [1.807, 2.05) is 42.2 Å². The summed E-state index contributed by atoms with van der Waals surface area (Å²) < 4.78 is 0.963. The SMILES string of the molecule is Cc1ccc(C(=O)N2CCc3cccc(N)c3C2)cc1Br. The van der Waals surface area contributed by atoms with Crippen molar-refractivity contribution >= 4 is 27.5 Å². The lowest BCUT2D eigenvalue weighted by Gasteiger charge is -2.30. The van der Waals surface area contributed by atoms with Gasteiger partial charge in [0.05, 0.1) is 0 Å². The van der Waals surface area contributed by atoms with Crippen LogP contribution in [-0.4, -0.2) is 17.4 Å². The van der Waals surface area contributed by atoms with Gasteiger partial charge in [-0.2, -0.15) is 0 Å². The van der Waals surface area contributed by atoms with Crippen molar-refractivity contribution in [1.82, 2.24) is 4.90 Å². The second kappa shape index (κ2) is 5.53. The molecular weight excluding hydrogens is 328 g/mol. The molecule has 0 saturated heterocycles. The lowest BCUT2D eigenvalue weighted by Crippen LogP contribution is -2.36. The molecule has 0 aromatic heterocycles. The number of nitrogen functional groups attached to an aromatic ring is 1. The topological polar surface area (TPSA) is 46.3 Å². The normalized spacial score (nSPS) is 13.9. The number of halogens is 1. The van der Waals surface area contributed by atoms with Gasteiger partial charge in [0, 0.05) is 28.8 Å². The van der Waals surface area contributed by atoms with Crippen LogP contribution in [0.3, 0.4) is 0 Å². The van der Waals surface area contributed by atoms with Gasteiger partial charge in [-0.25, -0.2) is 0 Å². The van der Waals surface area contributed by atoms with E-state index >= 15 is 0 Å². The Morgan fingerprint density at radius 3 is 2.86 bits per heavy atom. The monoisotopic (exact) mass is 344 g/mol. The lowest BCUT2D eigenvalue weighted by atomic mass is 9.97. The standard InChI is InChI=1S/C17H17BrN2O/c1-11-5-6-13(9-15(11)18)17(21)20-8-7-12-3-2-4-16(19)14(12)10-20/h2-6,9H,7-8,10,19H2,1H3. The predicted molar refractivity (Wildman–Crippen MR) is 88.2 cm³/mol. The summed E-state index contributed by atoms with van der Waals surface area (Å²) in [7, 11) is 0. The van der Waals surface area contributed by atoms with Gasteiger partial charge in [0.1, 0.15) is 0 Å². The number of nitrogens with two attached hydrogens (primary N) is 1. The minimum absolute atomic E-state index is 0.0598. The molecule has 0 radical (unpaired) electrons. The van der Waals surface area contributed by atoms with Gasteiger partial charge in [-0.3, -0.25) is 4.79 Å². The second-order valence-corrected chi connectivity index (χ2v) is 6.28. The number of fused-ring (bicyclic) bond motifs is 1. The molecule has 0 saturated carbocycles. The average Bonchev–Trinajstić information content (AvgIpc) is 2.49. The van der Waals surface area contributed by atoms with Crippen LogP contribution in [0, 0.1) is 6.92 Å². The first-order chi connectivity index (χ1) is 10.1. The third-order valence-electron chi connectivity index (χ3n) is 4.02. The molecule has 2 aromatic carbocycles. The van der Waals surface area contributed by atoms with Crippen LogP contribution in [0.5, 0.6) is 0 Å². The molecule has 0 spiro atoms. The summed E-state index contributed by atoms with van der Waals surface area (Å²) >= 11 is 3.49. The zero-order valence-electron chi connectivity index (χ0n) is 11.9. The average molecular weight is 345 g/mol. The molecule has 108 valence electrons. The Balaban J connectivity index is 1.87. The largest absolute Gasteiger partial charge is 0.398 e. The molecule has 0 atom stereocenters. The molecule has 2 N–H and O–H groups in total. The number of nitrogens with zero attached hydrogens (tertiary/aromatic N) is 1. The molecule has 3 nitrogen and oxygen atoms in total. The summed E-state index contributed by atoms with van der Waals surface area (Å²) in [6.07, 6.45) is 0.860. The van der Waals surface area contributed by atoms with Crippen LogP contribution in [0.4, 0.5) is 5.69 Å². The van der Waals surface area contributed by atoms with E-state index in [-0.39, 0.29) is 5.91 Å². The van der Waals surface area contributed by atoms with Crippen molar-refractivity contribution in [2.24, 2.45) is 0 Å². The Labute approximate surface area is 132 Å². The van der Waals surface area contributed by atoms with E-state index in [0.29, 0.717) is 12.1 Å². The van der Waals surface area contributed by atoms with Gasteiger partial charge in [-0.05, 0) is 48.2 Å². The van der Waals surface area contributed by atoms with Crippen LogP contribution in [0.15, 0.2) is 40.9 Å². The van der Waals surface area contributed by atoms with Crippen molar-refractivity contribution in [3.8, 4) is 0 Å². The van der Waals surface area contributed by atoms with Gasteiger partial charge in [0.15, 0.2) is 0 Å². The Morgan fingerprint density at radius 2 is 2.10 bits per heavy atom. The number of hydrogen-bond acceptors (Lipinski definition) is 2. The number of anilines is 1. The maximum absolute atomic E-state index is 12.6. The minimum Gasteiger partial charge on any atom is -0.398 e. The number of carbonyl (C=O) groups is 1. The van der Waals surface area contributed by atoms with E-state index in [4.69, 9.17) is 5.73 Å². The number of hydrogen-bond donors (Lipinski definition) is 1. The molecule has 1 amide bonds. The number of amides is 1. The fraction of sp³-hybridized carbons (Fsp3) is 0.235. The highest BCUT2D eigenvalue weighted by Crippen LogP contribution is 2.26. The van der Waals surface area contributed by atoms with Gasteiger partial charge in [-0.1, -0.05) is 34.1 Å². The molecule has 3 rings (SSSR count). The van der Waals surface area contributed by atoms with Crippen LogP contribution in [0.1, 0.15) is 27.0 Å². The minimum atomic E-state index is 0.0598. The van der Waals surface area contributed by atoms with Crippen LogP contribution in [-0.2, 0) is 13.0 Å². The molecule has 21 heavy (non-hydrogen) atoms. The molecule has 1 heterocycles. The fourth-order valence-corrected chi connectivity index (χ4v) is 3.07. The zero-order chi connectivity index (χ0) is 15.0. The first kappa shape index (κ1) is 14.1. The van der Waals surface area contributed by atoms with Gasteiger partial charge in [0.2, 0.25) is 0 Å². The van der Waals surface area contributed by atoms with E-state index in [0.717, 1.165) is 34.3 Å². The molecule has 0 bridgehead atoms. The van der Waals surface area contributed by atoms with Crippen molar-refractivity contribution in [1.29, 1.82) is 0 Å². The van der Waals surface area contributed by atoms with Gasteiger partial charge < -0.3 is 10.6 Å². The number of carbonyl (C=O) groups excluding carboxylic acids is 1. The Morgan fingerprint density at radius 1 is 1.29 bits per heavy atom. The summed E-state index contributed by atoms with van der Waals surface area (Å²) in [6.45, 7) is 3.34. The summed E-state index contributed by atoms with van der Waals surface area (Å²) in [6, 6.07) is 11.7. The molecule has 2 aromatic rings. The lowest BCUT2D eigenvalue weighted by molar-refractivity contribution is 0.0735. The van der Waals surface area contributed by atoms with Crippen molar-refractivity contribution < 1.29 is 4.79 Å². The van der Waals surface area contributed by atoms with Gasteiger partial charge in [-0.15, -0.1) is 0 Å². The number of benzene rings is 2. The molecule has 1 aliphatic heterocycles. The van der Waals surface area contributed by atoms with Gasteiger partial charge in [0.25, 0.3) is 5.91 Å². The molecule has 0 fully saturated rings. The van der Waals surface area contributed by atoms with Crippen LogP contribution < -0.4 is 5.73 Å². The van der Waals surface area contributed by atoms with Crippen LogP contribution >= 0.6 is 15.9 Å². The number of rotatable bonds is 1. The summed E-state index contributed by atoms with van der Waals surface area (Å²) in [5.74, 6) is 0.0598. The third kappa shape index (κ3) is 2.68. The summed E-state index contributed by atoms with van der Waals surface area (Å²) in [5.41, 5.74) is 11.0. The molecule has 1 aliphatic rings. The van der Waals surface area contributed by atoms with E-state index in [1.54, 1.807) is 0 Å². The fourth-order valence-electron chi connectivity index (χ4n) is 2.69. The van der Waals surface area contributed by atoms with E-state index in [9.17, 15) is 4.79 Å². The highest BCUT2D eigenvalue weighted by Gasteiger charge is 2.23. The molecule has 0 aliphatic carbocycles. The number of aryl methyl sites for hydroxylation is 1. The second-order valence-electron chi connectivity index (χ2n) is 5.43. The third-order valence-corrected chi connectivity index (χ3v) is 4.87. The maximum atomic E-state index is 12.6. The van der Waals surface area contributed by atoms with Crippen molar-refractivity contribution in [3.05, 3.63) is 63.1 Å². The molecule has 0 unspecified atom stereocenters. The Kier molecular flexibility index (Phi) is 3.72. The molecular formula is C17H17BrN2O. The first-order valence-electron chi connectivity index (χ1n) is 6.98. The Hall–Kier alpha value is -1.81. The quantitative estimate of drug-likeness (QED) is 0.804. The van der Waals surface area contributed by atoms with Gasteiger partial charge >= 0.3 is 0 Å². The van der Waals surface area contributed by atoms with Crippen LogP contribution in [0.25, 0.3) is 0 Å². The van der Waals surface area contributed by atoms with Crippen molar-refractivity contribution in [2.45, 2.75) is 19.9 Å². The van der Waals surface area contributed by atoms with E-state index < -0.39 is 0 Å². The van der Waals surface area contributed by atoms with Crippen LogP contribution in [0.2, 0.25) is 0 Å². The highest BCUT2D eigenvalue weighted by molar-refractivity contribution is 9.10. The van der Waals surface area contributed by atoms with Crippen molar-refractivity contribution in [2.75, 3.05) is 12.3 Å². The Bertz CT molecular complexity index is 712.